The molecule has 11 N–H and O–H groups in total. The summed E-state index contributed by atoms with van der Waals surface area (Å²) in [5.74, 6) is -1.32. The molecule has 2 fully saturated rings. The molecular weight excluding hydrogens is 576 g/mol. The second-order valence-corrected chi connectivity index (χ2v) is 11.9. The fourth-order valence-electron chi connectivity index (χ4n) is 4.30. The van der Waals surface area contributed by atoms with Crippen LogP contribution in [0.2, 0.25) is 0 Å². The van der Waals surface area contributed by atoms with Gasteiger partial charge >= 0.3 is 15.6 Å². The van der Waals surface area contributed by atoms with E-state index in [9.17, 15) is 54.4 Å². The molecule has 1 aliphatic heterocycles. The number of hydrogen-bond donors (Lipinski definition) is 10. The van der Waals surface area contributed by atoms with E-state index in [1.807, 2.05) is 0 Å². The average Bonchev–Trinajstić information content (AvgIpc) is 3.38. The SMILES string of the molecule is Nc1nc2c(ncn2[C@@H]2O[C@H](COP(=O)(O)OP(=O)(O)O[C@H]3C[C@H](CO)[C@@H](O)[C@H](O)[C@@H]3O)[C@@H](O)[C@H]2O)c(=O)[nH]1. The van der Waals surface area contributed by atoms with Gasteiger partial charge in [-0.15, -0.1) is 0 Å². The zero-order valence-corrected chi connectivity index (χ0v) is 21.4. The highest BCUT2D eigenvalue weighted by molar-refractivity contribution is 7.61. The van der Waals surface area contributed by atoms with E-state index >= 15 is 0 Å². The number of phosphoric acid groups is 2. The number of nitrogens with zero attached hydrogens (tertiary/aromatic N) is 3. The van der Waals surface area contributed by atoms with Gasteiger partial charge in [0.1, 0.15) is 30.5 Å². The molecule has 3 heterocycles. The van der Waals surface area contributed by atoms with Crippen LogP contribution in [0.25, 0.3) is 11.2 Å². The maximum absolute atomic E-state index is 12.3. The number of fused-ring (bicyclic) bond motifs is 1. The standard InChI is InChI=1S/C17H27N5O15P2/c18-17-20-14-8(15(29)21-17)19-4-22(14)16-13(28)11(26)7(35-16)3-34-38(30,31)37-39(32,33)36-6-1-5(2-23)9(24)12(27)10(6)25/h4-7,9-13,16,23-28H,1-3H2,(H,30,31)(H,32,33)(H3,18,20,21,29)/t5-,6+,7-,9-,10-,11-,12+,13-,16-/m1/s1. The van der Waals surface area contributed by atoms with Crippen molar-refractivity contribution in [2.24, 2.45) is 5.92 Å². The van der Waals surface area contributed by atoms with E-state index in [0.29, 0.717) is 0 Å². The summed E-state index contributed by atoms with van der Waals surface area (Å²) in [6, 6.07) is 0. The molecule has 0 spiro atoms. The smallest absolute Gasteiger partial charge is 0.396 e. The highest BCUT2D eigenvalue weighted by Gasteiger charge is 2.49. The predicted octanol–water partition coefficient (Wildman–Crippen LogP) is -3.96. The Labute approximate surface area is 217 Å². The first kappa shape index (κ1) is 30.1. The van der Waals surface area contributed by atoms with E-state index in [1.165, 1.54) is 0 Å². The molecule has 220 valence electrons. The van der Waals surface area contributed by atoms with Crippen molar-refractivity contribution in [2.75, 3.05) is 18.9 Å². The lowest BCUT2D eigenvalue weighted by molar-refractivity contribution is -0.160. The minimum atomic E-state index is -5.47. The van der Waals surface area contributed by atoms with Crippen LogP contribution in [-0.2, 0) is 27.2 Å². The van der Waals surface area contributed by atoms with E-state index in [4.69, 9.17) is 10.5 Å². The summed E-state index contributed by atoms with van der Waals surface area (Å²) in [5.41, 5.74) is 4.58. The van der Waals surface area contributed by atoms with Crippen molar-refractivity contribution >= 4 is 32.8 Å². The molecule has 0 aromatic carbocycles. The van der Waals surface area contributed by atoms with Crippen LogP contribution in [0.3, 0.4) is 0 Å². The van der Waals surface area contributed by atoms with Gasteiger partial charge < -0.3 is 50.9 Å². The summed E-state index contributed by atoms with van der Waals surface area (Å²) in [4.78, 5) is 41.8. The molecule has 0 radical (unpaired) electrons. The van der Waals surface area contributed by atoms with E-state index in [2.05, 4.69) is 28.3 Å². The van der Waals surface area contributed by atoms with Gasteiger partial charge in [-0.05, 0) is 6.42 Å². The number of aromatic nitrogens is 4. The van der Waals surface area contributed by atoms with Crippen molar-refractivity contribution in [1.82, 2.24) is 19.5 Å². The third kappa shape index (κ3) is 6.24. The Balaban J connectivity index is 1.39. The number of imidazole rings is 1. The maximum Gasteiger partial charge on any atom is 0.481 e. The van der Waals surface area contributed by atoms with Crippen LogP contribution < -0.4 is 11.3 Å². The Morgan fingerprint density at radius 1 is 1.08 bits per heavy atom. The number of anilines is 1. The van der Waals surface area contributed by atoms with Crippen LogP contribution in [0.5, 0.6) is 0 Å². The Kier molecular flexibility index (Phi) is 8.63. The van der Waals surface area contributed by atoms with Gasteiger partial charge in [-0.25, -0.2) is 14.1 Å². The molecule has 1 aliphatic carbocycles. The number of aromatic amines is 1. The lowest BCUT2D eigenvalue weighted by Crippen LogP contribution is -2.54. The van der Waals surface area contributed by atoms with Crippen molar-refractivity contribution in [3.8, 4) is 0 Å². The molecule has 1 saturated heterocycles. The van der Waals surface area contributed by atoms with Crippen molar-refractivity contribution in [3.05, 3.63) is 16.7 Å². The Bertz CT molecular complexity index is 1340. The molecule has 2 aromatic heterocycles. The van der Waals surface area contributed by atoms with Crippen LogP contribution in [0, 0.1) is 5.92 Å². The minimum absolute atomic E-state index is 0.102. The predicted molar refractivity (Wildman–Crippen MR) is 123 cm³/mol. The van der Waals surface area contributed by atoms with Gasteiger partial charge in [-0.1, -0.05) is 0 Å². The molecular formula is C17H27N5O15P2. The Morgan fingerprint density at radius 3 is 2.44 bits per heavy atom. The van der Waals surface area contributed by atoms with Gasteiger partial charge in [-0.2, -0.15) is 9.29 Å². The van der Waals surface area contributed by atoms with Crippen molar-refractivity contribution in [1.29, 1.82) is 0 Å². The number of ether oxygens (including phenoxy) is 1. The van der Waals surface area contributed by atoms with Crippen LogP contribution in [0.15, 0.2) is 11.1 Å². The van der Waals surface area contributed by atoms with Crippen LogP contribution in [0.1, 0.15) is 12.6 Å². The van der Waals surface area contributed by atoms with Crippen LogP contribution in [-0.4, -0.2) is 116 Å². The number of nitrogens with one attached hydrogen (secondary N) is 1. The van der Waals surface area contributed by atoms with Crippen LogP contribution in [0.4, 0.5) is 5.95 Å². The van der Waals surface area contributed by atoms with Gasteiger partial charge in [0.2, 0.25) is 5.95 Å². The quantitative estimate of drug-likeness (QED) is 0.122. The van der Waals surface area contributed by atoms with Gasteiger partial charge in [0.25, 0.3) is 5.56 Å². The zero-order valence-electron chi connectivity index (χ0n) is 19.6. The number of rotatable bonds is 9. The fraction of sp³-hybridized carbons (Fsp3) is 0.706. The molecule has 39 heavy (non-hydrogen) atoms. The van der Waals surface area contributed by atoms with Gasteiger partial charge in [0, 0.05) is 12.5 Å². The van der Waals surface area contributed by atoms with Crippen molar-refractivity contribution in [3.63, 3.8) is 0 Å². The first-order chi connectivity index (χ1) is 18.1. The largest absolute Gasteiger partial charge is 0.481 e. The lowest BCUT2D eigenvalue weighted by Gasteiger charge is -2.39. The second-order valence-electron chi connectivity index (χ2n) is 8.93. The molecule has 1 saturated carbocycles. The van der Waals surface area contributed by atoms with Gasteiger partial charge in [0.15, 0.2) is 17.4 Å². The monoisotopic (exact) mass is 603 g/mol. The number of nitrogens with two attached hydrogens (primary N) is 1. The molecule has 22 heteroatoms. The molecule has 0 bridgehead atoms. The summed E-state index contributed by atoms with van der Waals surface area (Å²) in [6.45, 7) is -1.64. The number of phosphoric ester groups is 2. The van der Waals surface area contributed by atoms with E-state index < -0.39 is 95.7 Å². The summed E-state index contributed by atoms with van der Waals surface area (Å²) < 4.78 is 44.7. The third-order valence-corrected chi connectivity index (χ3v) is 8.94. The average molecular weight is 603 g/mol. The Morgan fingerprint density at radius 2 is 1.77 bits per heavy atom. The highest BCUT2D eigenvalue weighted by Crippen LogP contribution is 2.61. The fourth-order valence-corrected chi connectivity index (χ4v) is 6.58. The molecule has 2 aliphatic rings. The molecule has 20 nitrogen and oxygen atoms in total. The van der Waals surface area contributed by atoms with Crippen molar-refractivity contribution in [2.45, 2.75) is 55.4 Å². The minimum Gasteiger partial charge on any atom is -0.396 e. The van der Waals surface area contributed by atoms with Crippen LogP contribution >= 0.6 is 15.6 Å². The number of aliphatic hydroxyl groups excluding tert-OH is 6. The van der Waals surface area contributed by atoms with Crippen molar-refractivity contribution < 1.29 is 67.7 Å². The summed E-state index contributed by atoms with van der Waals surface area (Å²) in [5, 5.41) is 59.7. The van der Waals surface area contributed by atoms with E-state index in [0.717, 1.165) is 10.9 Å². The van der Waals surface area contributed by atoms with E-state index in [-0.39, 0.29) is 17.1 Å². The molecule has 2 aromatic rings. The second kappa shape index (κ2) is 11.2. The number of hydrogen-bond acceptors (Lipinski definition) is 16. The normalized spacial score (nSPS) is 36.6. The summed E-state index contributed by atoms with van der Waals surface area (Å²) in [7, 11) is -10.9. The van der Waals surface area contributed by atoms with Gasteiger partial charge in [0.05, 0.1) is 25.1 Å². The zero-order chi connectivity index (χ0) is 28.9. The third-order valence-electron chi connectivity index (χ3n) is 6.27. The lowest BCUT2D eigenvalue weighted by atomic mass is 9.81. The molecule has 11 atom stereocenters. The Hall–Kier alpha value is -1.87. The van der Waals surface area contributed by atoms with E-state index in [1.54, 1.807) is 0 Å². The first-order valence-electron chi connectivity index (χ1n) is 11.2. The topological polar surface area (TPSA) is 322 Å². The highest BCUT2D eigenvalue weighted by atomic mass is 31.3. The first-order valence-corrected chi connectivity index (χ1v) is 14.2. The number of H-pyrrole nitrogens is 1. The molecule has 2 unspecified atom stereocenters. The maximum atomic E-state index is 12.3. The summed E-state index contributed by atoms with van der Waals surface area (Å²) in [6.07, 6.45) is -12.7. The summed E-state index contributed by atoms with van der Waals surface area (Å²) >= 11 is 0. The number of aliphatic hydroxyl groups is 6. The molecule has 0 amide bonds. The number of nitrogen functional groups attached to an aromatic ring is 1. The van der Waals surface area contributed by atoms with Gasteiger partial charge in [-0.3, -0.25) is 23.4 Å². The molecule has 4 rings (SSSR count).